The molecule has 5 nitrogen and oxygen atoms in total. The molecule has 167 valence electrons. The standard InChI is InChI=1S/C24H28BNO4PSe/c1-18(15-21(30-31(2)25)13-14-32-22-11-7-4-8-12-22)23(27)26-20(17-29-24(26)28)16-19-9-5-3-6-10-19/h3-12,15,18,20-21H,13-14,16-17H2,1-2H3/t18-,20+,21+,31?/m0/s1. The molecule has 0 bridgehead atoms. The number of cyclic esters (lactones) is 1. The van der Waals surface area contributed by atoms with Crippen molar-refractivity contribution < 1.29 is 18.8 Å². The number of hydrogen-bond acceptors (Lipinski definition) is 4. The molecule has 4 atom stereocenters. The van der Waals surface area contributed by atoms with Crippen molar-refractivity contribution in [2.45, 2.75) is 37.2 Å². The molecule has 2 amide bonds. The average Bonchev–Trinajstić information content (AvgIpc) is 3.14. The van der Waals surface area contributed by atoms with Gasteiger partial charge in [0.2, 0.25) is 0 Å². The Bertz CT molecular complexity index is 871. The molecule has 0 aromatic heterocycles. The summed E-state index contributed by atoms with van der Waals surface area (Å²) in [6, 6.07) is 19.9. The molecule has 0 saturated carbocycles. The summed E-state index contributed by atoms with van der Waals surface area (Å²) in [5.74, 6) is -0.740. The number of carbonyl (C=O) groups is 2. The predicted octanol–water partition coefficient (Wildman–Crippen LogP) is 3.75. The zero-order chi connectivity index (χ0) is 22.9. The van der Waals surface area contributed by atoms with Crippen LogP contribution in [0.25, 0.3) is 0 Å². The minimum atomic E-state index is -1.06. The van der Waals surface area contributed by atoms with Crippen LogP contribution in [0.2, 0.25) is 5.32 Å². The van der Waals surface area contributed by atoms with Crippen LogP contribution in [0.5, 0.6) is 0 Å². The van der Waals surface area contributed by atoms with E-state index in [-0.39, 0.29) is 24.7 Å². The molecule has 0 aliphatic carbocycles. The van der Waals surface area contributed by atoms with Crippen molar-refractivity contribution >= 4 is 47.0 Å². The van der Waals surface area contributed by atoms with Crippen LogP contribution in [0.3, 0.4) is 0 Å². The number of imide groups is 1. The molecule has 2 aromatic carbocycles. The third kappa shape index (κ3) is 7.45. The molecule has 3 rings (SSSR count). The zero-order valence-corrected chi connectivity index (χ0v) is 21.0. The van der Waals surface area contributed by atoms with E-state index in [1.54, 1.807) is 6.92 Å². The van der Waals surface area contributed by atoms with E-state index >= 15 is 0 Å². The SMILES string of the molecule is [B]P(C)O[C@@H]([CH][C@H](C)C(=O)N1C(=O)OC[C@H]1Cc1ccccc1)CC[Se]c1ccccc1. The molecule has 0 N–H and O–H groups in total. The zero-order valence-electron chi connectivity index (χ0n) is 18.4. The first kappa shape index (κ1) is 25.0. The van der Waals surface area contributed by atoms with Gasteiger partial charge in [-0.25, -0.2) is 0 Å². The fourth-order valence-corrected chi connectivity index (χ4v) is 6.16. The monoisotopic (exact) mass is 516 g/mol. The normalized spacial score (nSPS) is 18.8. The predicted molar refractivity (Wildman–Crippen MR) is 130 cm³/mol. The molecule has 3 radical (unpaired) electrons. The van der Waals surface area contributed by atoms with E-state index < -0.39 is 20.0 Å². The number of carbonyl (C=O) groups excluding carboxylic acids is 2. The second-order valence-corrected chi connectivity index (χ2v) is 11.5. The second kappa shape index (κ2) is 12.6. The van der Waals surface area contributed by atoms with E-state index in [1.807, 2.05) is 61.6 Å². The molecular formula is C24H28BNO4PSe. The summed E-state index contributed by atoms with van der Waals surface area (Å²) in [5, 5.41) is 0.977. The second-order valence-electron chi connectivity index (χ2n) is 7.75. The van der Waals surface area contributed by atoms with E-state index in [2.05, 4.69) is 12.1 Å². The first-order valence-corrected chi connectivity index (χ1v) is 14.5. The Balaban J connectivity index is 1.58. The van der Waals surface area contributed by atoms with Crippen molar-refractivity contribution in [1.82, 2.24) is 4.90 Å². The molecule has 8 heteroatoms. The first-order valence-electron chi connectivity index (χ1n) is 10.7. The van der Waals surface area contributed by atoms with Crippen LogP contribution >= 0.6 is 8.03 Å². The Kier molecular flexibility index (Phi) is 9.80. The Morgan fingerprint density at radius 1 is 1.25 bits per heavy atom. The topological polar surface area (TPSA) is 55.8 Å². The quantitative estimate of drug-likeness (QED) is 0.338. The van der Waals surface area contributed by atoms with Crippen molar-refractivity contribution in [3.63, 3.8) is 0 Å². The summed E-state index contributed by atoms with van der Waals surface area (Å²) in [7, 11) is 4.88. The van der Waals surface area contributed by atoms with Crippen LogP contribution in [0.15, 0.2) is 60.7 Å². The van der Waals surface area contributed by atoms with Gasteiger partial charge in [0.1, 0.15) is 0 Å². The van der Waals surface area contributed by atoms with Gasteiger partial charge in [-0.1, -0.05) is 6.07 Å². The fourth-order valence-electron chi connectivity index (χ4n) is 3.60. The summed E-state index contributed by atoms with van der Waals surface area (Å²) < 4.78 is 12.5. The summed E-state index contributed by atoms with van der Waals surface area (Å²) in [6.45, 7) is 3.87. The van der Waals surface area contributed by atoms with E-state index in [1.165, 1.54) is 9.36 Å². The maximum atomic E-state index is 13.2. The molecule has 2 aromatic rings. The van der Waals surface area contributed by atoms with Gasteiger partial charge >= 0.3 is 194 Å². The number of ether oxygens (including phenoxy) is 1. The van der Waals surface area contributed by atoms with Gasteiger partial charge in [-0.2, -0.15) is 0 Å². The number of rotatable bonds is 11. The molecule has 0 spiro atoms. The van der Waals surface area contributed by atoms with Crippen LogP contribution < -0.4 is 4.46 Å². The molecule has 32 heavy (non-hydrogen) atoms. The van der Waals surface area contributed by atoms with E-state index in [4.69, 9.17) is 16.8 Å². The van der Waals surface area contributed by atoms with Crippen molar-refractivity contribution in [2.24, 2.45) is 5.92 Å². The fraction of sp³-hybridized carbons (Fsp3) is 0.375. The first-order chi connectivity index (χ1) is 15.4. The van der Waals surface area contributed by atoms with Gasteiger partial charge in [0.25, 0.3) is 0 Å². The van der Waals surface area contributed by atoms with Crippen molar-refractivity contribution in [2.75, 3.05) is 13.3 Å². The molecule has 1 saturated heterocycles. The molecule has 1 aliphatic heterocycles. The van der Waals surface area contributed by atoms with Gasteiger partial charge in [0.15, 0.2) is 0 Å². The van der Waals surface area contributed by atoms with Gasteiger partial charge in [-0.3, -0.25) is 0 Å². The number of amides is 2. The van der Waals surface area contributed by atoms with E-state index in [0.29, 0.717) is 21.4 Å². The molecule has 1 heterocycles. The average molecular weight is 515 g/mol. The Morgan fingerprint density at radius 3 is 2.56 bits per heavy atom. The number of benzene rings is 2. The Labute approximate surface area is 199 Å². The van der Waals surface area contributed by atoms with Crippen molar-refractivity contribution in [1.29, 1.82) is 0 Å². The number of nitrogens with zero attached hydrogens (tertiary/aromatic N) is 1. The third-order valence-corrected chi connectivity index (χ3v) is 7.92. The minimum absolute atomic E-state index is 0.217. The third-order valence-electron chi connectivity index (χ3n) is 5.12. The molecule has 1 unspecified atom stereocenters. The summed E-state index contributed by atoms with van der Waals surface area (Å²) in [4.78, 5) is 26.8. The maximum absolute atomic E-state index is 13.2. The van der Waals surface area contributed by atoms with Gasteiger partial charge < -0.3 is 0 Å². The Hall–Kier alpha value is -1.65. The van der Waals surface area contributed by atoms with Crippen LogP contribution in [-0.2, 0) is 20.5 Å². The van der Waals surface area contributed by atoms with E-state index in [9.17, 15) is 9.59 Å². The van der Waals surface area contributed by atoms with Gasteiger partial charge in [0.05, 0.1) is 0 Å². The van der Waals surface area contributed by atoms with Crippen LogP contribution in [0.4, 0.5) is 4.79 Å². The van der Waals surface area contributed by atoms with Crippen LogP contribution in [0.1, 0.15) is 18.9 Å². The molecule has 1 aliphatic rings. The van der Waals surface area contributed by atoms with Crippen LogP contribution in [0, 0.1) is 12.3 Å². The van der Waals surface area contributed by atoms with Crippen LogP contribution in [-0.4, -0.2) is 64.8 Å². The summed E-state index contributed by atoms with van der Waals surface area (Å²) >= 11 is 0.328. The number of hydrogen-bond donors (Lipinski definition) is 0. The summed E-state index contributed by atoms with van der Waals surface area (Å²) in [6.07, 6.45) is 2.45. The molecular weight excluding hydrogens is 487 g/mol. The molecule has 1 fully saturated rings. The van der Waals surface area contributed by atoms with Gasteiger partial charge in [-0.15, -0.1) is 0 Å². The Morgan fingerprint density at radius 2 is 1.91 bits per heavy atom. The van der Waals surface area contributed by atoms with Crippen molar-refractivity contribution in [3.05, 3.63) is 72.6 Å². The van der Waals surface area contributed by atoms with E-state index in [0.717, 1.165) is 17.3 Å². The summed E-state index contributed by atoms with van der Waals surface area (Å²) in [5.41, 5.74) is 1.06. The van der Waals surface area contributed by atoms with Crippen molar-refractivity contribution in [3.8, 4) is 0 Å². The van der Waals surface area contributed by atoms with Gasteiger partial charge in [0, 0.05) is 0 Å². The van der Waals surface area contributed by atoms with Gasteiger partial charge in [-0.05, 0) is 0 Å².